The Labute approximate surface area is 113 Å². The Morgan fingerprint density at radius 1 is 1.22 bits per heavy atom. The van der Waals surface area contributed by atoms with Gasteiger partial charge in [0.2, 0.25) is 0 Å². The van der Waals surface area contributed by atoms with E-state index in [0.29, 0.717) is 0 Å². The normalized spacial score (nSPS) is 27.0. The molecule has 3 nitrogen and oxygen atoms in total. The van der Waals surface area contributed by atoms with Gasteiger partial charge in [-0.15, -0.1) is 0 Å². The van der Waals surface area contributed by atoms with Crippen molar-refractivity contribution >= 4 is 0 Å². The summed E-state index contributed by atoms with van der Waals surface area (Å²) in [6, 6.07) is 1.59. The van der Waals surface area contributed by atoms with E-state index in [1.807, 2.05) is 0 Å². The van der Waals surface area contributed by atoms with E-state index in [9.17, 15) is 0 Å². The van der Waals surface area contributed by atoms with Gasteiger partial charge in [0, 0.05) is 25.2 Å². The summed E-state index contributed by atoms with van der Waals surface area (Å²) in [6.07, 6.45) is 4.21. The van der Waals surface area contributed by atoms with Crippen molar-refractivity contribution in [3.8, 4) is 0 Å². The summed E-state index contributed by atoms with van der Waals surface area (Å²) < 4.78 is 0. The van der Waals surface area contributed by atoms with Crippen molar-refractivity contribution in [3.05, 3.63) is 0 Å². The van der Waals surface area contributed by atoms with Crippen LogP contribution in [-0.4, -0.2) is 61.2 Å². The molecule has 2 fully saturated rings. The van der Waals surface area contributed by atoms with Crippen molar-refractivity contribution in [2.75, 3.05) is 39.3 Å². The van der Waals surface area contributed by atoms with Gasteiger partial charge in [-0.3, -0.25) is 4.90 Å². The summed E-state index contributed by atoms with van der Waals surface area (Å²) in [5.74, 6) is 0.893. The fourth-order valence-electron chi connectivity index (χ4n) is 3.02. The minimum Gasteiger partial charge on any atom is -0.314 e. The molecule has 1 aliphatic carbocycles. The molecule has 2 aliphatic rings. The minimum absolute atomic E-state index is 0.718. The smallest absolute Gasteiger partial charge is 0.0195 e. The lowest BCUT2D eigenvalue weighted by atomic mass is 10.1. The second-order valence-electron chi connectivity index (χ2n) is 6.17. The van der Waals surface area contributed by atoms with Gasteiger partial charge in [0.15, 0.2) is 0 Å². The summed E-state index contributed by atoms with van der Waals surface area (Å²) in [5, 5.41) is 3.68. The molecule has 0 aromatic heterocycles. The molecule has 0 aromatic rings. The highest BCUT2D eigenvalue weighted by Gasteiger charge is 2.28. The van der Waals surface area contributed by atoms with Crippen LogP contribution in [-0.2, 0) is 0 Å². The molecule has 2 unspecified atom stereocenters. The number of nitrogens with one attached hydrogen (secondary N) is 1. The molecule has 1 aliphatic heterocycles. The number of likely N-dealkylation sites (tertiary alicyclic amines) is 1. The maximum absolute atomic E-state index is 3.68. The van der Waals surface area contributed by atoms with Gasteiger partial charge in [-0.25, -0.2) is 0 Å². The number of nitrogens with zero attached hydrogens (tertiary/aromatic N) is 2. The molecule has 1 heterocycles. The van der Waals surface area contributed by atoms with Crippen molar-refractivity contribution in [2.45, 2.75) is 52.1 Å². The Balaban J connectivity index is 1.66. The number of likely N-dealkylation sites (N-methyl/N-ethyl adjacent to an activating group) is 1. The molecule has 1 N–H and O–H groups in total. The molecule has 1 saturated heterocycles. The maximum Gasteiger partial charge on any atom is 0.0195 e. The topological polar surface area (TPSA) is 18.5 Å². The predicted molar refractivity (Wildman–Crippen MR) is 78.0 cm³/mol. The van der Waals surface area contributed by atoms with Crippen molar-refractivity contribution in [3.63, 3.8) is 0 Å². The van der Waals surface area contributed by atoms with E-state index in [0.717, 1.165) is 18.0 Å². The van der Waals surface area contributed by atoms with Gasteiger partial charge in [-0.1, -0.05) is 13.8 Å². The van der Waals surface area contributed by atoms with Crippen LogP contribution in [0.4, 0.5) is 0 Å². The van der Waals surface area contributed by atoms with Gasteiger partial charge in [0.05, 0.1) is 0 Å². The fourth-order valence-corrected chi connectivity index (χ4v) is 3.02. The zero-order valence-corrected chi connectivity index (χ0v) is 12.5. The third-order valence-electron chi connectivity index (χ3n) is 4.63. The van der Waals surface area contributed by atoms with E-state index in [1.54, 1.807) is 0 Å². The van der Waals surface area contributed by atoms with Crippen LogP contribution in [0.15, 0.2) is 0 Å². The Bertz CT molecular complexity index is 236. The summed E-state index contributed by atoms with van der Waals surface area (Å²) in [4.78, 5) is 5.23. The van der Waals surface area contributed by atoms with Gasteiger partial charge >= 0.3 is 0 Å². The highest BCUT2D eigenvalue weighted by molar-refractivity contribution is 4.86. The van der Waals surface area contributed by atoms with Crippen LogP contribution >= 0.6 is 0 Å². The number of rotatable bonds is 8. The average molecular weight is 253 g/mol. The number of hydrogen-bond acceptors (Lipinski definition) is 3. The van der Waals surface area contributed by atoms with E-state index < -0.39 is 0 Å². The first-order valence-electron chi connectivity index (χ1n) is 7.92. The first-order valence-corrected chi connectivity index (χ1v) is 7.92. The summed E-state index contributed by atoms with van der Waals surface area (Å²) in [5.41, 5.74) is 0. The molecule has 0 amide bonds. The highest BCUT2D eigenvalue weighted by Crippen LogP contribution is 2.22. The largest absolute Gasteiger partial charge is 0.314 e. The molecule has 2 atom stereocenters. The van der Waals surface area contributed by atoms with Crippen LogP contribution in [0, 0.1) is 5.92 Å². The summed E-state index contributed by atoms with van der Waals surface area (Å²) >= 11 is 0. The Hall–Kier alpha value is -0.120. The maximum atomic E-state index is 3.68. The van der Waals surface area contributed by atoms with E-state index in [-0.39, 0.29) is 0 Å². The van der Waals surface area contributed by atoms with Crippen LogP contribution in [0.5, 0.6) is 0 Å². The third kappa shape index (κ3) is 4.22. The Kier molecular flexibility index (Phi) is 5.46. The summed E-state index contributed by atoms with van der Waals surface area (Å²) in [6.45, 7) is 14.4. The molecule has 1 saturated carbocycles. The molecular formula is C15H31N3. The molecular weight excluding hydrogens is 222 g/mol. The van der Waals surface area contributed by atoms with Gasteiger partial charge in [0.25, 0.3) is 0 Å². The molecule has 3 heteroatoms. The Morgan fingerprint density at radius 3 is 2.56 bits per heavy atom. The lowest BCUT2D eigenvalue weighted by Gasteiger charge is -2.29. The van der Waals surface area contributed by atoms with E-state index in [1.165, 1.54) is 58.5 Å². The molecule has 2 rings (SSSR count). The van der Waals surface area contributed by atoms with Crippen LogP contribution in [0.1, 0.15) is 40.0 Å². The second kappa shape index (κ2) is 6.88. The standard InChI is InChI=1S/C15H31N3/c1-4-17(5-2)11-13(3)18-9-8-14(12-18)10-16-15-6-7-15/h13-16H,4-12H2,1-3H3. The molecule has 18 heavy (non-hydrogen) atoms. The van der Waals surface area contributed by atoms with Crippen molar-refractivity contribution in [1.29, 1.82) is 0 Å². The van der Waals surface area contributed by atoms with Gasteiger partial charge < -0.3 is 10.2 Å². The minimum atomic E-state index is 0.718. The fraction of sp³-hybridized carbons (Fsp3) is 1.00. The first-order chi connectivity index (χ1) is 8.72. The van der Waals surface area contributed by atoms with Gasteiger partial charge in [-0.2, -0.15) is 0 Å². The van der Waals surface area contributed by atoms with Gasteiger partial charge in [0.1, 0.15) is 0 Å². The van der Waals surface area contributed by atoms with Crippen LogP contribution in [0.3, 0.4) is 0 Å². The SMILES string of the molecule is CCN(CC)CC(C)N1CCC(CNC2CC2)C1. The first kappa shape index (κ1) is 14.3. The van der Waals surface area contributed by atoms with Crippen molar-refractivity contribution in [2.24, 2.45) is 5.92 Å². The quantitative estimate of drug-likeness (QED) is 0.711. The molecule has 0 aromatic carbocycles. The molecule has 0 spiro atoms. The summed E-state index contributed by atoms with van der Waals surface area (Å²) in [7, 11) is 0. The molecule has 0 radical (unpaired) electrons. The van der Waals surface area contributed by atoms with Crippen LogP contribution < -0.4 is 5.32 Å². The number of hydrogen-bond donors (Lipinski definition) is 1. The van der Waals surface area contributed by atoms with E-state index in [4.69, 9.17) is 0 Å². The van der Waals surface area contributed by atoms with E-state index >= 15 is 0 Å². The second-order valence-corrected chi connectivity index (χ2v) is 6.17. The van der Waals surface area contributed by atoms with Crippen molar-refractivity contribution in [1.82, 2.24) is 15.1 Å². The Morgan fingerprint density at radius 2 is 1.94 bits per heavy atom. The highest BCUT2D eigenvalue weighted by atomic mass is 15.2. The van der Waals surface area contributed by atoms with Crippen molar-refractivity contribution < 1.29 is 0 Å². The predicted octanol–water partition coefficient (Wildman–Crippen LogP) is 1.79. The lowest BCUT2D eigenvalue weighted by Crippen LogP contribution is -2.41. The monoisotopic (exact) mass is 253 g/mol. The average Bonchev–Trinajstić information content (AvgIpc) is 3.10. The van der Waals surface area contributed by atoms with Gasteiger partial charge in [-0.05, 0) is 58.3 Å². The molecule has 0 bridgehead atoms. The van der Waals surface area contributed by atoms with E-state index in [2.05, 4.69) is 35.9 Å². The zero-order valence-electron chi connectivity index (χ0n) is 12.5. The van der Waals surface area contributed by atoms with Crippen LogP contribution in [0.2, 0.25) is 0 Å². The third-order valence-corrected chi connectivity index (χ3v) is 4.63. The molecule has 106 valence electrons. The zero-order chi connectivity index (χ0) is 13.0. The van der Waals surface area contributed by atoms with Crippen LogP contribution in [0.25, 0.3) is 0 Å². The lowest BCUT2D eigenvalue weighted by molar-refractivity contribution is 0.176.